The second-order valence-electron chi connectivity index (χ2n) is 7.65. The highest BCUT2D eigenvalue weighted by Gasteiger charge is 2.33. The molecule has 1 aliphatic rings. The van der Waals surface area contributed by atoms with Gasteiger partial charge < -0.3 is 9.47 Å². The number of allylic oxidation sites excluding steroid dienone is 1. The standard InChI is InChI=1S/C26H24N2O4S/c1-5-14-32-25(30)22-17(3)27-26-28(23(22)19-10-12-20(31-4)13-11-19)24(29)21(33-26)15-18-8-6-16(2)7-9-18/h5-13,15,23H,1,14H2,2-4H3/b21-15+/t23-/m0/s1. The molecule has 0 aliphatic carbocycles. The van der Waals surface area contributed by atoms with Gasteiger partial charge in [0, 0.05) is 0 Å². The predicted octanol–water partition coefficient (Wildman–Crippen LogP) is 3.28. The summed E-state index contributed by atoms with van der Waals surface area (Å²) in [7, 11) is 1.59. The molecule has 0 saturated heterocycles. The highest BCUT2D eigenvalue weighted by Crippen LogP contribution is 2.31. The summed E-state index contributed by atoms with van der Waals surface area (Å²) in [6.07, 6.45) is 3.36. The van der Waals surface area contributed by atoms with Crippen molar-refractivity contribution in [3.05, 3.63) is 109 Å². The van der Waals surface area contributed by atoms with Gasteiger partial charge in [0.2, 0.25) is 0 Å². The Morgan fingerprint density at radius 1 is 1.15 bits per heavy atom. The zero-order chi connectivity index (χ0) is 23.5. The molecule has 6 nitrogen and oxygen atoms in total. The lowest BCUT2D eigenvalue weighted by molar-refractivity contribution is -0.138. The summed E-state index contributed by atoms with van der Waals surface area (Å²) >= 11 is 1.30. The summed E-state index contributed by atoms with van der Waals surface area (Å²) in [6, 6.07) is 14.6. The van der Waals surface area contributed by atoms with Crippen LogP contribution in [-0.2, 0) is 9.53 Å². The number of aromatic nitrogens is 1. The lowest BCUT2D eigenvalue weighted by atomic mass is 9.96. The minimum Gasteiger partial charge on any atom is -0.497 e. The number of benzene rings is 2. The second kappa shape index (κ2) is 9.42. The Hall–Kier alpha value is -3.71. The van der Waals surface area contributed by atoms with Gasteiger partial charge in [-0.1, -0.05) is 66.0 Å². The van der Waals surface area contributed by atoms with Gasteiger partial charge in [-0.25, -0.2) is 9.79 Å². The van der Waals surface area contributed by atoms with Crippen LogP contribution >= 0.6 is 11.3 Å². The van der Waals surface area contributed by atoms with Crippen LogP contribution in [0.3, 0.4) is 0 Å². The number of ether oxygens (including phenoxy) is 2. The van der Waals surface area contributed by atoms with E-state index in [0.29, 0.717) is 26.4 Å². The molecule has 1 atom stereocenters. The van der Waals surface area contributed by atoms with Crippen molar-refractivity contribution in [2.24, 2.45) is 4.99 Å². The van der Waals surface area contributed by atoms with Crippen LogP contribution in [0.5, 0.6) is 5.75 Å². The van der Waals surface area contributed by atoms with Crippen molar-refractivity contribution in [2.75, 3.05) is 13.7 Å². The summed E-state index contributed by atoms with van der Waals surface area (Å²) in [6.45, 7) is 7.45. The number of methoxy groups -OCH3 is 1. The first-order chi connectivity index (χ1) is 15.9. The van der Waals surface area contributed by atoms with Gasteiger partial charge >= 0.3 is 5.97 Å². The van der Waals surface area contributed by atoms with Gasteiger partial charge in [0.05, 0.1) is 29.0 Å². The van der Waals surface area contributed by atoms with E-state index in [4.69, 9.17) is 9.47 Å². The van der Waals surface area contributed by atoms with Crippen molar-refractivity contribution in [1.82, 2.24) is 4.57 Å². The molecule has 168 valence electrons. The average Bonchev–Trinajstić information content (AvgIpc) is 3.12. The largest absolute Gasteiger partial charge is 0.497 e. The molecule has 0 amide bonds. The third-order valence-corrected chi connectivity index (χ3v) is 6.36. The topological polar surface area (TPSA) is 69.9 Å². The van der Waals surface area contributed by atoms with Crippen LogP contribution in [0.2, 0.25) is 0 Å². The molecule has 0 fully saturated rings. The Kier molecular flexibility index (Phi) is 6.42. The minimum atomic E-state index is -0.662. The van der Waals surface area contributed by atoms with Gasteiger partial charge in [-0.2, -0.15) is 0 Å². The van der Waals surface area contributed by atoms with Crippen molar-refractivity contribution in [1.29, 1.82) is 0 Å². The van der Waals surface area contributed by atoms with Crippen LogP contribution in [0.4, 0.5) is 0 Å². The average molecular weight is 461 g/mol. The van der Waals surface area contributed by atoms with Crippen LogP contribution in [0, 0.1) is 6.92 Å². The molecule has 2 aromatic carbocycles. The predicted molar refractivity (Wildman–Crippen MR) is 129 cm³/mol. The van der Waals surface area contributed by atoms with Crippen molar-refractivity contribution in [2.45, 2.75) is 19.9 Å². The number of esters is 1. The molecule has 0 bridgehead atoms. The second-order valence-corrected chi connectivity index (χ2v) is 8.66. The maximum Gasteiger partial charge on any atom is 0.338 e. The highest BCUT2D eigenvalue weighted by molar-refractivity contribution is 7.07. The molecule has 0 radical (unpaired) electrons. The summed E-state index contributed by atoms with van der Waals surface area (Å²) < 4.78 is 12.7. The number of hydrogen-bond donors (Lipinski definition) is 0. The van der Waals surface area contributed by atoms with Crippen LogP contribution in [0.15, 0.2) is 82.2 Å². The highest BCUT2D eigenvalue weighted by atomic mass is 32.1. The summed E-state index contributed by atoms with van der Waals surface area (Å²) in [5.74, 6) is 0.159. The van der Waals surface area contributed by atoms with E-state index in [0.717, 1.165) is 16.7 Å². The number of hydrogen-bond acceptors (Lipinski definition) is 6. The van der Waals surface area contributed by atoms with Gasteiger partial charge in [0.15, 0.2) is 4.80 Å². The van der Waals surface area contributed by atoms with Crippen molar-refractivity contribution >= 4 is 23.4 Å². The number of aryl methyl sites for hydroxylation is 1. The van der Waals surface area contributed by atoms with Crippen LogP contribution < -0.4 is 19.6 Å². The van der Waals surface area contributed by atoms with E-state index in [1.165, 1.54) is 17.4 Å². The molecular weight excluding hydrogens is 436 g/mol. The Morgan fingerprint density at radius 2 is 1.85 bits per heavy atom. The molecule has 7 heteroatoms. The van der Waals surface area contributed by atoms with Gasteiger partial charge in [-0.05, 0) is 43.2 Å². The maximum atomic E-state index is 13.5. The van der Waals surface area contributed by atoms with Crippen molar-refractivity contribution < 1.29 is 14.3 Å². The number of fused-ring (bicyclic) bond motifs is 1. The van der Waals surface area contributed by atoms with E-state index in [1.807, 2.05) is 49.4 Å². The fourth-order valence-corrected chi connectivity index (χ4v) is 4.76. The summed E-state index contributed by atoms with van der Waals surface area (Å²) in [5, 5.41) is 0. The normalized spacial score (nSPS) is 15.6. The van der Waals surface area contributed by atoms with E-state index in [9.17, 15) is 9.59 Å². The smallest absolute Gasteiger partial charge is 0.338 e. The quantitative estimate of drug-likeness (QED) is 0.418. The summed E-state index contributed by atoms with van der Waals surface area (Å²) in [4.78, 5) is 31.7. The van der Waals surface area contributed by atoms with Crippen LogP contribution in [-0.4, -0.2) is 24.3 Å². The van der Waals surface area contributed by atoms with E-state index in [1.54, 1.807) is 30.7 Å². The Bertz CT molecular complexity index is 1410. The molecule has 2 heterocycles. The number of rotatable bonds is 6. The molecule has 4 rings (SSSR count). The molecule has 1 aliphatic heterocycles. The fourth-order valence-electron chi connectivity index (χ4n) is 3.71. The van der Waals surface area contributed by atoms with E-state index >= 15 is 0 Å². The Labute approximate surface area is 195 Å². The first kappa shape index (κ1) is 22.5. The molecule has 0 unspecified atom stereocenters. The van der Waals surface area contributed by atoms with E-state index < -0.39 is 12.0 Å². The minimum absolute atomic E-state index is 0.0722. The van der Waals surface area contributed by atoms with Crippen LogP contribution in [0.1, 0.15) is 29.7 Å². The lowest BCUT2D eigenvalue weighted by Gasteiger charge is -2.24. The van der Waals surface area contributed by atoms with Crippen molar-refractivity contribution in [3.63, 3.8) is 0 Å². The molecule has 33 heavy (non-hydrogen) atoms. The third kappa shape index (κ3) is 4.45. The SMILES string of the molecule is C=CCOC(=O)C1=C(C)N=c2s/c(=C/c3ccc(C)cc3)c(=O)n2[C@H]1c1ccc(OC)cc1. The Morgan fingerprint density at radius 3 is 2.48 bits per heavy atom. The molecule has 0 N–H and O–H groups in total. The van der Waals surface area contributed by atoms with E-state index in [-0.39, 0.29) is 12.2 Å². The van der Waals surface area contributed by atoms with Gasteiger partial charge in [0.25, 0.3) is 5.56 Å². The van der Waals surface area contributed by atoms with Crippen molar-refractivity contribution in [3.8, 4) is 5.75 Å². The van der Waals surface area contributed by atoms with Gasteiger partial charge in [-0.15, -0.1) is 0 Å². The first-order valence-corrected chi connectivity index (χ1v) is 11.3. The number of carbonyl (C=O) groups excluding carboxylic acids is 1. The number of carbonyl (C=O) groups is 1. The van der Waals surface area contributed by atoms with Gasteiger partial charge in [-0.3, -0.25) is 9.36 Å². The molecular formula is C26H24N2O4S. The summed E-state index contributed by atoms with van der Waals surface area (Å²) in [5.41, 5.74) is 3.48. The zero-order valence-corrected chi connectivity index (χ0v) is 19.5. The molecule has 1 aromatic heterocycles. The molecule has 0 spiro atoms. The Balaban J connectivity index is 1.91. The third-order valence-electron chi connectivity index (χ3n) is 5.38. The molecule has 3 aromatic rings. The number of nitrogens with zero attached hydrogens (tertiary/aromatic N) is 2. The van der Waals surface area contributed by atoms with E-state index in [2.05, 4.69) is 11.6 Å². The zero-order valence-electron chi connectivity index (χ0n) is 18.7. The maximum absolute atomic E-state index is 13.5. The molecule has 0 saturated carbocycles. The monoisotopic (exact) mass is 460 g/mol. The van der Waals surface area contributed by atoms with Crippen LogP contribution in [0.25, 0.3) is 6.08 Å². The fraction of sp³-hybridized carbons (Fsp3) is 0.192. The lowest BCUT2D eigenvalue weighted by Crippen LogP contribution is -2.39. The first-order valence-electron chi connectivity index (χ1n) is 10.4. The van der Waals surface area contributed by atoms with Gasteiger partial charge in [0.1, 0.15) is 12.4 Å². The number of thiazole rings is 1.